The van der Waals surface area contributed by atoms with E-state index in [9.17, 15) is 10.1 Å². The summed E-state index contributed by atoms with van der Waals surface area (Å²) in [5, 5.41) is 11.5. The first-order valence-corrected chi connectivity index (χ1v) is 5.63. The van der Waals surface area contributed by atoms with Gasteiger partial charge >= 0.3 is 0 Å². The molecule has 1 heterocycles. The summed E-state index contributed by atoms with van der Waals surface area (Å²) < 4.78 is 5.46. The fourth-order valence-corrected chi connectivity index (χ4v) is 1.65. The Bertz CT molecular complexity index is 559. The van der Waals surface area contributed by atoms with Gasteiger partial charge in [-0.25, -0.2) is 4.98 Å². The molecule has 0 amide bonds. The summed E-state index contributed by atoms with van der Waals surface area (Å²) in [4.78, 5) is 14.4. The molecule has 0 radical (unpaired) electrons. The van der Waals surface area contributed by atoms with Crippen molar-refractivity contribution >= 4 is 29.2 Å². The number of hydrogen-bond acceptors (Lipinski definition) is 5. The highest BCUT2D eigenvalue weighted by Crippen LogP contribution is 2.31. The SMILES string of the molecule is O=[N+]([O-])c1ccc(OCCS)c2cccnc12. The lowest BCUT2D eigenvalue weighted by atomic mass is 10.2. The summed E-state index contributed by atoms with van der Waals surface area (Å²) in [5.74, 6) is 1.17. The van der Waals surface area contributed by atoms with Gasteiger partial charge in [-0.15, -0.1) is 0 Å². The summed E-state index contributed by atoms with van der Waals surface area (Å²) >= 11 is 4.05. The molecule has 6 heteroatoms. The minimum Gasteiger partial charge on any atom is -0.492 e. The van der Waals surface area contributed by atoms with Crippen LogP contribution in [0.3, 0.4) is 0 Å². The van der Waals surface area contributed by atoms with Crippen molar-refractivity contribution in [1.82, 2.24) is 4.98 Å². The highest BCUT2D eigenvalue weighted by Gasteiger charge is 2.15. The number of nitro groups is 1. The molecule has 1 aromatic heterocycles. The first-order chi connectivity index (χ1) is 8.24. The van der Waals surface area contributed by atoms with E-state index in [1.54, 1.807) is 18.2 Å². The molecule has 0 bridgehead atoms. The van der Waals surface area contributed by atoms with Crippen molar-refractivity contribution in [1.29, 1.82) is 0 Å². The molecule has 1 aromatic carbocycles. The third kappa shape index (κ3) is 2.31. The Kier molecular flexibility index (Phi) is 3.43. The Morgan fingerprint density at radius 1 is 1.41 bits per heavy atom. The average molecular weight is 250 g/mol. The van der Waals surface area contributed by atoms with E-state index < -0.39 is 4.92 Å². The maximum atomic E-state index is 10.9. The number of rotatable bonds is 4. The molecule has 0 saturated heterocycles. The van der Waals surface area contributed by atoms with Crippen LogP contribution >= 0.6 is 12.6 Å². The molecule has 2 rings (SSSR count). The predicted octanol–water partition coefficient (Wildman–Crippen LogP) is 2.45. The van der Waals surface area contributed by atoms with Crippen LogP contribution in [0.25, 0.3) is 10.9 Å². The third-order valence-corrected chi connectivity index (χ3v) is 2.44. The molecular formula is C11H10N2O3S. The molecule has 0 aliphatic rings. The van der Waals surface area contributed by atoms with E-state index in [1.165, 1.54) is 12.3 Å². The van der Waals surface area contributed by atoms with E-state index in [-0.39, 0.29) is 5.69 Å². The second-order valence-corrected chi connectivity index (χ2v) is 3.76. The fourth-order valence-electron chi connectivity index (χ4n) is 1.56. The Morgan fingerprint density at radius 3 is 2.94 bits per heavy atom. The van der Waals surface area contributed by atoms with Gasteiger partial charge in [0.05, 0.1) is 11.5 Å². The normalized spacial score (nSPS) is 10.4. The van der Waals surface area contributed by atoms with E-state index in [0.717, 1.165) is 0 Å². The topological polar surface area (TPSA) is 65.3 Å². The van der Waals surface area contributed by atoms with Crippen molar-refractivity contribution < 1.29 is 9.66 Å². The standard InChI is InChI=1S/C11H10N2O3S/c14-13(15)9-3-4-10(16-6-7-17)8-2-1-5-12-11(8)9/h1-5,17H,6-7H2. The second kappa shape index (κ2) is 5.01. The number of thiol groups is 1. The molecule has 2 aromatic rings. The lowest BCUT2D eigenvalue weighted by molar-refractivity contribution is -0.383. The first kappa shape index (κ1) is 11.7. The summed E-state index contributed by atoms with van der Waals surface area (Å²) in [7, 11) is 0. The smallest absolute Gasteiger partial charge is 0.295 e. The molecule has 0 atom stereocenters. The lowest BCUT2D eigenvalue weighted by Crippen LogP contribution is -2.00. The van der Waals surface area contributed by atoms with Gasteiger partial charge in [0, 0.05) is 23.4 Å². The van der Waals surface area contributed by atoms with Crippen LogP contribution in [0, 0.1) is 10.1 Å². The number of fused-ring (bicyclic) bond motifs is 1. The van der Waals surface area contributed by atoms with Gasteiger partial charge in [0.1, 0.15) is 5.75 Å². The number of nitrogens with zero attached hydrogens (tertiary/aromatic N) is 2. The molecule has 0 unspecified atom stereocenters. The van der Waals surface area contributed by atoms with Crippen LogP contribution in [0.1, 0.15) is 0 Å². The molecular weight excluding hydrogens is 240 g/mol. The molecule has 0 spiro atoms. The quantitative estimate of drug-likeness (QED) is 0.514. The zero-order valence-corrected chi connectivity index (χ0v) is 9.76. The maximum absolute atomic E-state index is 10.9. The second-order valence-electron chi connectivity index (χ2n) is 3.31. The summed E-state index contributed by atoms with van der Waals surface area (Å²) in [5.41, 5.74) is 0.327. The van der Waals surface area contributed by atoms with Crippen molar-refractivity contribution in [2.24, 2.45) is 0 Å². The Morgan fingerprint density at radius 2 is 2.24 bits per heavy atom. The van der Waals surface area contributed by atoms with E-state index in [0.29, 0.717) is 29.0 Å². The third-order valence-electron chi connectivity index (χ3n) is 2.25. The van der Waals surface area contributed by atoms with Gasteiger partial charge in [-0.2, -0.15) is 12.6 Å². The predicted molar refractivity (Wildman–Crippen MR) is 67.7 cm³/mol. The summed E-state index contributed by atoms with van der Waals surface area (Å²) in [6.45, 7) is 0.449. The maximum Gasteiger partial charge on any atom is 0.295 e. The van der Waals surface area contributed by atoms with Crippen LogP contribution in [0.2, 0.25) is 0 Å². The Hall–Kier alpha value is -1.82. The molecule has 0 aliphatic carbocycles. The average Bonchev–Trinajstić information content (AvgIpc) is 2.35. The van der Waals surface area contributed by atoms with Gasteiger partial charge in [0.2, 0.25) is 0 Å². The number of non-ortho nitro benzene ring substituents is 1. The molecule has 17 heavy (non-hydrogen) atoms. The van der Waals surface area contributed by atoms with Crippen molar-refractivity contribution in [2.45, 2.75) is 0 Å². The highest BCUT2D eigenvalue weighted by molar-refractivity contribution is 7.80. The van der Waals surface area contributed by atoms with Gasteiger partial charge in [-0.1, -0.05) is 0 Å². The Labute approximate surface area is 103 Å². The summed E-state index contributed by atoms with van der Waals surface area (Å²) in [6, 6.07) is 6.47. The number of nitro benzene ring substituents is 1. The molecule has 0 saturated carbocycles. The van der Waals surface area contributed by atoms with Crippen molar-refractivity contribution in [3.63, 3.8) is 0 Å². The monoisotopic (exact) mass is 250 g/mol. The Balaban J connectivity index is 2.58. The van der Waals surface area contributed by atoms with Crippen molar-refractivity contribution in [3.8, 4) is 5.75 Å². The highest BCUT2D eigenvalue weighted by atomic mass is 32.1. The molecule has 0 aliphatic heterocycles. The largest absolute Gasteiger partial charge is 0.492 e. The number of hydrogen-bond donors (Lipinski definition) is 1. The molecule has 0 N–H and O–H groups in total. The van der Waals surface area contributed by atoms with E-state index in [1.807, 2.05) is 0 Å². The van der Waals surface area contributed by atoms with Crippen LogP contribution < -0.4 is 4.74 Å². The zero-order valence-electron chi connectivity index (χ0n) is 8.87. The van der Waals surface area contributed by atoms with Crippen LogP contribution in [0.15, 0.2) is 30.5 Å². The minimum absolute atomic E-state index is 0.0150. The van der Waals surface area contributed by atoms with Gasteiger partial charge in [0.25, 0.3) is 5.69 Å². The van der Waals surface area contributed by atoms with Gasteiger partial charge in [-0.3, -0.25) is 10.1 Å². The van der Waals surface area contributed by atoms with Gasteiger partial charge in [0.15, 0.2) is 5.52 Å². The molecule has 88 valence electrons. The number of ether oxygens (including phenoxy) is 1. The van der Waals surface area contributed by atoms with E-state index >= 15 is 0 Å². The fraction of sp³-hybridized carbons (Fsp3) is 0.182. The van der Waals surface area contributed by atoms with E-state index in [2.05, 4.69) is 17.6 Å². The first-order valence-electron chi connectivity index (χ1n) is 5.00. The minimum atomic E-state index is -0.447. The number of pyridine rings is 1. The van der Waals surface area contributed by atoms with Gasteiger partial charge in [-0.05, 0) is 18.2 Å². The lowest BCUT2D eigenvalue weighted by Gasteiger charge is -2.07. The van der Waals surface area contributed by atoms with Crippen molar-refractivity contribution in [2.75, 3.05) is 12.4 Å². The summed E-state index contributed by atoms with van der Waals surface area (Å²) in [6.07, 6.45) is 1.53. The van der Waals surface area contributed by atoms with Crippen LogP contribution in [-0.2, 0) is 0 Å². The van der Waals surface area contributed by atoms with Crippen LogP contribution in [0.5, 0.6) is 5.75 Å². The number of benzene rings is 1. The van der Waals surface area contributed by atoms with Gasteiger partial charge < -0.3 is 4.74 Å². The van der Waals surface area contributed by atoms with Crippen molar-refractivity contribution in [3.05, 3.63) is 40.6 Å². The van der Waals surface area contributed by atoms with Crippen LogP contribution in [-0.4, -0.2) is 22.3 Å². The van der Waals surface area contributed by atoms with Crippen LogP contribution in [0.4, 0.5) is 5.69 Å². The molecule has 0 fully saturated rings. The van der Waals surface area contributed by atoms with E-state index in [4.69, 9.17) is 4.74 Å². The zero-order chi connectivity index (χ0) is 12.3. The number of aromatic nitrogens is 1. The molecule has 5 nitrogen and oxygen atoms in total.